The molecule has 0 amide bonds. The van der Waals surface area contributed by atoms with Crippen LogP contribution in [0, 0.1) is 0 Å². The number of para-hydroxylation sites is 2. The smallest absolute Gasteiger partial charge is 0.160 e. The molecule has 45 heavy (non-hydrogen) atoms. The van der Waals surface area contributed by atoms with Crippen molar-refractivity contribution < 1.29 is 8.83 Å². The Labute approximate surface area is 260 Å². The molecule has 6 aromatic carbocycles. The summed E-state index contributed by atoms with van der Waals surface area (Å²) in [6.07, 6.45) is 0. The second-order valence-electron chi connectivity index (χ2n) is 11.4. The van der Waals surface area contributed by atoms with E-state index >= 15 is 0 Å². The third-order valence-electron chi connectivity index (χ3n) is 8.71. The Hall–Kier alpha value is -5.78. The fourth-order valence-electron chi connectivity index (χ4n) is 6.51. The van der Waals surface area contributed by atoms with E-state index in [1.54, 1.807) is 11.3 Å². The molecule has 5 heteroatoms. The molecule has 0 saturated heterocycles. The van der Waals surface area contributed by atoms with E-state index in [9.17, 15) is 0 Å². The molecule has 0 aliphatic heterocycles. The number of benzene rings is 6. The minimum Gasteiger partial charge on any atom is -0.456 e. The fourth-order valence-corrected chi connectivity index (χ4v) is 7.65. The maximum atomic E-state index is 6.25. The second kappa shape index (κ2) is 9.36. The number of aromatic nitrogens is 2. The molecule has 0 fully saturated rings. The van der Waals surface area contributed by atoms with Gasteiger partial charge in [-0.25, -0.2) is 9.97 Å². The van der Waals surface area contributed by atoms with Crippen LogP contribution in [-0.4, -0.2) is 9.97 Å². The van der Waals surface area contributed by atoms with Crippen LogP contribution in [-0.2, 0) is 0 Å². The van der Waals surface area contributed by atoms with E-state index < -0.39 is 0 Å². The van der Waals surface area contributed by atoms with Crippen molar-refractivity contribution in [2.24, 2.45) is 0 Å². The lowest BCUT2D eigenvalue weighted by molar-refractivity contribution is 0.668. The number of nitrogens with zero attached hydrogens (tertiary/aromatic N) is 2. The highest BCUT2D eigenvalue weighted by Crippen LogP contribution is 2.38. The molecule has 0 radical (unpaired) electrons. The van der Waals surface area contributed by atoms with Crippen LogP contribution >= 0.6 is 11.3 Å². The highest BCUT2D eigenvalue weighted by Gasteiger charge is 2.16. The summed E-state index contributed by atoms with van der Waals surface area (Å²) in [5.41, 5.74) is 8.12. The zero-order valence-electron chi connectivity index (χ0n) is 23.8. The van der Waals surface area contributed by atoms with E-state index in [1.807, 2.05) is 42.5 Å². The maximum Gasteiger partial charge on any atom is 0.160 e. The summed E-state index contributed by atoms with van der Waals surface area (Å²) in [7, 11) is 0. The van der Waals surface area contributed by atoms with Crippen LogP contribution in [0.15, 0.2) is 142 Å². The Morgan fingerprint density at radius 1 is 0.378 bits per heavy atom. The molecule has 0 spiro atoms. The van der Waals surface area contributed by atoms with Crippen LogP contribution in [0.3, 0.4) is 0 Å². The van der Waals surface area contributed by atoms with Gasteiger partial charge in [-0.2, -0.15) is 0 Å². The number of hydrogen-bond acceptors (Lipinski definition) is 5. The van der Waals surface area contributed by atoms with Gasteiger partial charge in [0.2, 0.25) is 0 Å². The van der Waals surface area contributed by atoms with Gasteiger partial charge in [0.05, 0.1) is 11.4 Å². The number of rotatable bonds is 3. The Kier molecular flexibility index (Phi) is 5.12. The van der Waals surface area contributed by atoms with Crippen molar-refractivity contribution in [2.75, 3.05) is 0 Å². The van der Waals surface area contributed by atoms with Gasteiger partial charge in [0.1, 0.15) is 22.3 Å². The van der Waals surface area contributed by atoms with Crippen LogP contribution in [0.2, 0.25) is 0 Å². The molecule has 0 unspecified atom stereocenters. The first kappa shape index (κ1) is 24.6. The molecular formula is C40H22N2O2S. The molecule has 10 aromatic rings. The standard InChI is InChI=1S/C40H22N2O2S/c1-4-10-34-26(7-1)28-16-13-24(20-37(28)44-34)33-22-32(23-15-18-36-31(19-23)27-8-2-5-11-35(27)43-36)41-40(42-33)25-14-17-30-29-9-3-6-12-38(29)45-39(30)21-25/h1-22H. The van der Waals surface area contributed by atoms with Crippen molar-refractivity contribution in [3.05, 3.63) is 133 Å². The van der Waals surface area contributed by atoms with Gasteiger partial charge in [0.15, 0.2) is 5.82 Å². The molecule has 0 aliphatic carbocycles. The average Bonchev–Trinajstić information content (AvgIpc) is 3.78. The van der Waals surface area contributed by atoms with Crippen LogP contribution in [0.4, 0.5) is 0 Å². The predicted molar refractivity (Wildman–Crippen MR) is 186 cm³/mol. The van der Waals surface area contributed by atoms with Crippen molar-refractivity contribution >= 4 is 75.4 Å². The number of thiophene rings is 1. The molecule has 0 bridgehead atoms. The zero-order chi connectivity index (χ0) is 29.5. The summed E-state index contributed by atoms with van der Waals surface area (Å²) >= 11 is 1.80. The van der Waals surface area contributed by atoms with Crippen molar-refractivity contribution in [2.45, 2.75) is 0 Å². The lowest BCUT2D eigenvalue weighted by atomic mass is 10.0. The lowest BCUT2D eigenvalue weighted by Gasteiger charge is -2.10. The minimum absolute atomic E-state index is 0.684. The fraction of sp³-hybridized carbons (Fsp3) is 0. The lowest BCUT2D eigenvalue weighted by Crippen LogP contribution is -1.96. The number of furan rings is 2. The van der Waals surface area contributed by atoms with E-state index in [0.717, 1.165) is 72.0 Å². The summed E-state index contributed by atoms with van der Waals surface area (Å²) in [5.74, 6) is 0.684. The van der Waals surface area contributed by atoms with Crippen LogP contribution in [0.5, 0.6) is 0 Å². The Morgan fingerprint density at radius 2 is 0.933 bits per heavy atom. The van der Waals surface area contributed by atoms with E-state index in [4.69, 9.17) is 18.8 Å². The van der Waals surface area contributed by atoms with Gasteiger partial charge < -0.3 is 8.83 Å². The van der Waals surface area contributed by atoms with Crippen molar-refractivity contribution in [3.8, 4) is 33.9 Å². The molecule has 10 rings (SSSR count). The normalized spacial score (nSPS) is 12.0. The molecule has 0 saturated carbocycles. The SMILES string of the molecule is c1ccc2c(c1)oc1cc(-c3cc(-c4ccc5oc6ccccc6c5c4)nc(-c4ccc5c(c4)sc4ccccc45)n3)ccc12. The van der Waals surface area contributed by atoms with E-state index in [-0.39, 0.29) is 0 Å². The molecule has 4 aromatic heterocycles. The minimum atomic E-state index is 0.684. The quantitative estimate of drug-likeness (QED) is 0.204. The van der Waals surface area contributed by atoms with Crippen LogP contribution in [0.1, 0.15) is 0 Å². The van der Waals surface area contributed by atoms with Gasteiger partial charge in [0, 0.05) is 58.4 Å². The summed E-state index contributed by atoms with van der Waals surface area (Å²) in [6.45, 7) is 0. The van der Waals surface area contributed by atoms with Crippen LogP contribution in [0.25, 0.3) is 98.0 Å². The molecule has 0 atom stereocenters. The summed E-state index contributed by atoms with van der Waals surface area (Å²) in [6, 6.07) is 46.1. The van der Waals surface area contributed by atoms with Gasteiger partial charge >= 0.3 is 0 Å². The first-order valence-corrected chi connectivity index (χ1v) is 15.7. The van der Waals surface area contributed by atoms with Crippen LogP contribution < -0.4 is 0 Å². The molecule has 0 N–H and O–H groups in total. The summed E-state index contributed by atoms with van der Waals surface area (Å²) in [5, 5.41) is 6.90. The zero-order valence-corrected chi connectivity index (χ0v) is 24.6. The number of fused-ring (bicyclic) bond motifs is 9. The molecule has 4 heterocycles. The first-order chi connectivity index (χ1) is 22.2. The third-order valence-corrected chi connectivity index (χ3v) is 9.84. The highest BCUT2D eigenvalue weighted by molar-refractivity contribution is 7.25. The van der Waals surface area contributed by atoms with Gasteiger partial charge in [-0.3, -0.25) is 0 Å². The van der Waals surface area contributed by atoms with E-state index in [1.165, 1.54) is 20.2 Å². The van der Waals surface area contributed by atoms with Gasteiger partial charge in [-0.1, -0.05) is 72.8 Å². The largest absolute Gasteiger partial charge is 0.456 e. The van der Waals surface area contributed by atoms with E-state index in [2.05, 4.69) is 91.0 Å². The molecular weight excluding hydrogens is 573 g/mol. The van der Waals surface area contributed by atoms with Crippen molar-refractivity contribution in [3.63, 3.8) is 0 Å². The molecule has 0 aliphatic rings. The maximum absolute atomic E-state index is 6.25. The Balaban J connectivity index is 1.19. The van der Waals surface area contributed by atoms with Gasteiger partial charge in [0.25, 0.3) is 0 Å². The van der Waals surface area contributed by atoms with Crippen molar-refractivity contribution in [1.82, 2.24) is 9.97 Å². The molecule has 4 nitrogen and oxygen atoms in total. The Bertz CT molecular complexity index is 2650. The third kappa shape index (κ3) is 3.84. The topological polar surface area (TPSA) is 52.1 Å². The average molecular weight is 595 g/mol. The van der Waals surface area contributed by atoms with Gasteiger partial charge in [-0.05, 0) is 60.7 Å². The molecule has 210 valence electrons. The summed E-state index contributed by atoms with van der Waals surface area (Å²) in [4.78, 5) is 10.3. The number of hydrogen-bond donors (Lipinski definition) is 0. The predicted octanol–water partition coefficient (Wildman–Crippen LogP) is 11.6. The first-order valence-electron chi connectivity index (χ1n) is 14.9. The van der Waals surface area contributed by atoms with Gasteiger partial charge in [-0.15, -0.1) is 11.3 Å². The highest BCUT2D eigenvalue weighted by atomic mass is 32.1. The van der Waals surface area contributed by atoms with E-state index in [0.29, 0.717) is 5.82 Å². The van der Waals surface area contributed by atoms with Crippen molar-refractivity contribution in [1.29, 1.82) is 0 Å². The Morgan fingerprint density at radius 3 is 1.76 bits per heavy atom. The second-order valence-corrected chi connectivity index (χ2v) is 12.5. The summed E-state index contributed by atoms with van der Waals surface area (Å²) < 4.78 is 14.9. The monoisotopic (exact) mass is 594 g/mol.